The number of aliphatic hydroxyl groups is 2. The van der Waals surface area contributed by atoms with Crippen LogP contribution in [0, 0.1) is 16.0 Å². The van der Waals surface area contributed by atoms with Gasteiger partial charge in [-0.2, -0.15) is 0 Å². The number of nitro benzene ring substituents is 1. The molecule has 0 bridgehead atoms. The zero-order chi connectivity index (χ0) is 29.3. The summed E-state index contributed by atoms with van der Waals surface area (Å²) in [6.45, 7) is 2.94. The average Bonchev–Trinajstić information content (AvgIpc) is 3.68. The largest absolute Gasteiger partial charge is 0.447 e. The van der Waals surface area contributed by atoms with Crippen molar-refractivity contribution in [2.45, 2.75) is 44.4 Å². The van der Waals surface area contributed by atoms with Crippen LogP contribution in [0.5, 0.6) is 0 Å². The van der Waals surface area contributed by atoms with E-state index in [1.807, 2.05) is 0 Å². The van der Waals surface area contributed by atoms with Crippen LogP contribution in [-0.2, 0) is 26.5 Å². The maximum atomic E-state index is 13.8. The van der Waals surface area contributed by atoms with Crippen molar-refractivity contribution >= 4 is 35.0 Å². The standard InChI is InChI=1S/C29H32N4O8/c1-19(4-2-6-26(35)30-13-3-5-23(30)18-34)29(38)24-16-22(33(39)40)11-12-25(24)32(27(29)36)17-20-7-9-21(10-8-20)31-14-15-41-28(31)37/h2,4,7-12,16,19,23,34,38H,3,5-6,13-15,17-18H2,1H3/b4-2+/t19-,23-,29+/m0/s1. The molecule has 2 N–H and O–H groups in total. The van der Waals surface area contributed by atoms with Gasteiger partial charge in [-0.05, 0) is 36.6 Å². The van der Waals surface area contributed by atoms with E-state index < -0.39 is 28.4 Å². The summed E-state index contributed by atoms with van der Waals surface area (Å²) in [5.74, 6) is -1.61. The van der Waals surface area contributed by atoms with Crippen LogP contribution in [0.2, 0.25) is 0 Å². The van der Waals surface area contributed by atoms with E-state index in [-0.39, 0.29) is 42.8 Å². The minimum Gasteiger partial charge on any atom is -0.447 e. The summed E-state index contributed by atoms with van der Waals surface area (Å²) < 4.78 is 4.98. The molecule has 2 aromatic carbocycles. The minimum atomic E-state index is -2.10. The summed E-state index contributed by atoms with van der Waals surface area (Å²) >= 11 is 0. The SMILES string of the molecule is C[C@@H](/C=C/CC(=O)N1CCC[C@H]1CO)[C@]1(O)C(=O)N(Cc2ccc(N3CCOC3=O)cc2)c2ccc([N+](=O)[O-])cc21. The Hall–Kier alpha value is -4.29. The second-order valence-corrected chi connectivity index (χ2v) is 10.5. The lowest BCUT2D eigenvalue weighted by Crippen LogP contribution is -2.44. The van der Waals surface area contributed by atoms with E-state index in [4.69, 9.17) is 4.74 Å². The number of hydrogen-bond acceptors (Lipinski definition) is 8. The van der Waals surface area contributed by atoms with Crippen LogP contribution in [-0.4, -0.2) is 70.3 Å². The molecular weight excluding hydrogens is 532 g/mol. The molecule has 0 aromatic heterocycles. The molecule has 2 fully saturated rings. The highest BCUT2D eigenvalue weighted by Gasteiger charge is 2.53. The maximum absolute atomic E-state index is 13.8. The smallest absolute Gasteiger partial charge is 0.414 e. The zero-order valence-electron chi connectivity index (χ0n) is 22.6. The quantitative estimate of drug-likeness (QED) is 0.268. The van der Waals surface area contributed by atoms with Gasteiger partial charge in [0.05, 0.1) is 36.3 Å². The molecule has 3 aliphatic heterocycles. The van der Waals surface area contributed by atoms with Gasteiger partial charge in [0.25, 0.3) is 11.6 Å². The maximum Gasteiger partial charge on any atom is 0.414 e. The fraction of sp³-hybridized carbons (Fsp3) is 0.414. The molecule has 0 spiro atoms. The predicted molar refractivity (Wildman–Crippen MR) is 148 cm³/mol. The first-order valence-corrected chi connectivity index (χ1v) is 13.6. The van der Waals surface area contributed by atoms with Gasteiger partial charge in [-0.25, -0.2) is 4.79 Å². The number of likely N-dealkylation sites (tertiary alicyclic amines) is 1. The van der Waals surface area contributed by atoms with Gasteiger partial charge < -0.3 is 24.7 Å². The van der Waals surface area contributed by atoms with Gasteiger partial charge in [-0.3, -0.25) is 24.6 Å². The molecule has 12 nitrogen and oxygen atoms in total. The number of benzene rings is 2. The van der Waals surface area contributed by atoms with E-state index in [1.165, 1.54) is 28.0 Å². The fourth-order valence-electron chi connectivity index (χ4n) is 5.78. The fourth-order valence-corrected chi connectivity index (χ4v) is 5.78. The lowest BCUT2D eigenvalue weighted by atomic mass is 9.82. The lowest BCUT2D eigenvalue weighted by Gasteiger charge is -2.28. The molecule has 0 radical (unpaired) electrons. The van der Waals surface area contributed by atoms with Gasteiger partial charge in [0.15, 0.2) is 5.60 Å². The second kappa shape index (κ2) is 11.3. The number of fused-ring (bicyclic) bond motifs is 1. The minimum absolute atomic E-state index is 0.0352. The number of nitrogens with zero attached hydrogens (tertiary/aromatic N) is 4. The van der Waals surface area contributed by atoms with E-state index in [1.54, 1.807) is 48.2 Å². The van der Waals surface area contributed by atoms with Crippen molar-refractivity contribution in [3.63, 3.8) is 0 Å². The summed E-state index contributed by atoms with van der Waals surface area (Å²) in [6, 6.07) is 10.8. The van der Waals surface area contributed by atoms with E-state index in [2.05, 4.69) is 0 Å². The van der Waals surface area contributed by atoms with Gasteiger partial charge >= 0.3 is 6.09 Å². The Labute approximate surface area is 236 Å². The third-order valence-electron chi connectivity index (χ3n) is 8.10. The van der Waals surface area contributed by atoms with Gasteiger partial charge in [-0.15, -0.1) is 0 Å². The summed E-state index contributed by atoms with van der Waals surface area (Å²) in [4.78, 5) is 53.9. The summed E-state index contributed by atoms with van der Waals surface area (Å²) in [6.07, 6.45) is 4.35. The predicted octanol–water partition coefficient (Wildman–Crippen LogP) is 2.85. The summed E-state index contributed by atoms with van der Waals surface area (Å²) in [7, 11) is 0. The van der Waals surface area contributed by atoms with Crippen LogP contribution in [0.25, 0.3) is 0 Å². The summed E-state index contributed by atoms with van der Waals surface area (Å²) in [5, 5.41) is 32.9. The van der Waals surface area contributed by atoms with E-state index >= 15 is 0 Å². The summed E-state index contributed by atoms with van der Waals surface area (Å²) in [5.41, 5.74) is -0.494. The van der Waals surface area contributed by atoms with Crippen LogP contribution in [0.15, 0.2) is 54.6 Å². The van der Waals surface area contributed by atoms with Crippen LogP contribution in [0.3, 0.4) is 0 Å². The van der Waals surface area contributed by atoms with Gasteiger partial charge in [0, 0.05) is 42.3 Å². The Morgan fingerprint density at radius 3 is 2.63 bits per heavy atom. The van der Waals surface area contributed by atoms with Crippen molar-refractivity contribution in [1.82, 2.24) is 4.90 Å². The number of non-ortho nitro benzene ring substituents is 1. The molecule has 0 saturated carbocycles. The molecule has 2 aromatic rings. The number of anilines is 2. The average molecular weight is 565 g/mol. The van der Waals surface area contributed by atoms with Crippen molar-refractivity contribution in [2.24, 2.45) is 5.92 Å². The van der Waals surface area contributed by atoms with Crippen molar-refractivity contribution in [3.8, 4) is 0 Å². The highest BCUT2D eigenvalue weighted by atomic mass is 16.6. The Morgan fingerprint density at radius 1 is 1.22 bits per heavy atom. The normalized spacial score (nSPS) is 22.9. The van der Waals surface area contributed by atoms with Crippen LogP contribution < -0.4 is 9.80 Å². The van der Waals surface area contributed by atoms with Crippen LogP contribution >= 0.6 is 0 Å². The number of aliphatic hydroxyl groups excluding tert-OH is 1. The van der Waals surface area contributed by atoms with Crippen molar-refractivity contribution < 1.29 is 34.3 Å². The molecule has 3 heterocycles. The van der Waals surface area contributed by atoms with Crippen molar-refractivity contribution in [3.05, 3.63) is 75.9 Å². The molecule has 3 atom stereocenters. The number of carbonyl (C=O) groups excluding carboxylic acids is 3. The molecule has 0 aliphatic carbocycles. The Kier molecular flexibility index (Phi) is 7.78. The lowest BCUT2D eigenvalue weighted by molar-refractivity contribution is -0.385. The highest BCUT2D eigenvalue weighted by molar-refractivity contribution is 6.07. The van der Waals surface area contributed by atoms with E-state index in [9.17, 15) is 34.7 Å². The Balaban J connectivity index is 1.38. The topological polar surface area (TPSA) is 154 Å². The van der Waals surface area contributed by atoms with Gasteiger partial charge in [0.1, 0.15) is 6.61 Å². The molecule has 0 unspecified atom stereocenters. The Bertz CT molecular complexity index is 1390. The number of rotatable bonds is 9. The first-order chi connectivity index (χ1) is 19.6. The zero-order valence-corrected chi connectivity index (χ0v) is 22.6. The van der Waals surface area contributed by atoms with Crippen LogP contribution in [0.1, 0.15) is 37.3 Å². The number of ether oxygens (including phenoxy) is 1. The highest BCUT2D eigenvalue weighted by Crippen LogP contribution is 2.47. The first kappa shape index (κ1) is 28.2. The molecule has 41 heavy (non-hydrogen) atoms. The van der Waals surface area contributed by atoms with E-state index in [0.29, 0.717) is 31.1 Å². The monoisotopic (exact) mass is 564 g/mol. The molecule has 2 saturated heterocycles. The molecular formula is C29H32N4O8. The van der Waals surface area contributed by atoms with Crippen molar-refractivity contribution in [2.75, 3.05) is 36.1 Å². The molecule has 5 rings (SSSR count). The van der Waals surface area contributed by atoms with Gasteiger partial charge in [0.2, 0.25) is 5.91 Å². The molecule has 216 valence electrons. The van der Waals surface area contributed by atoms with Crippen LogP contribution in [0.4, 0.5) is 21.9 Å². The number of hydrogen-bond donors (Lipinski definition) is 2. The third kappa shape index (κ3) is 5.16. The number of nitro groups is 1. The molecule has 12 heteroatoms. The third-order valence-corrected chi connectivity index (χ3v) is 8.10. The van der Waals surface area contributed by atoms with Crippen molar-refractivity contribution in [1.29, 1.82) is 0 Å². The second-order valence-electron chi connectivity index (χ2n) is 10.5. The molecule has 3 aliphatic rings. The van der Waals surface area contributed by atoms with E-state index in [0.717, 1.165) is 18.4 Å². The molecule has 3 amide bonds. The first-order valence-electron chi connectivity index (χ1n) is 13.6. The Morgan fingerprint density at radius 2 is 1.98 bits per heavy atom. The number of cyclic esters (lactones) is 1. The van der Waals surface area contributed by atoms with Gasteiger partial charge in [-0.1, -0.05) is 31.2 Å². The number of amides is 3. The number of carbonyl (C=O) groups is 3.